The average molecular weight is 283 g/mol. The maximum absolute atomic E-state index is 12.9. The zero-order valence-corrected chi connectivity index (χ0v) is 11.1. The highest BCUT2D eigenvalue weighted by molar-refractivity contribution is 6.33. The van der Waals surface area contributed by atoms with Crippen LogP contribution in [0.3, 0.4) is 0 Å². The third-order valence-electron chi connectivity index (χ3n) is 2.43. The molecule has 0 spiro atoms. The predicted octanol–water partition coefficient (Wildman–Crippen LogP) is 2.97. The molecule has 7 heteroatoms. The van der Waals surface area contributed by atoms with Crippen LogP contribution in [0.1, 0.15) is 36.2 Å². The molecule has 0 aliphatic heterocycles. The molecule has 2 N–H and O–H groups in total. The topological polar surface area (TPSA) is 70.7 Å². The van der Waals surface area contributed by atoms with Gasteiger partial charge < -0.3 is 5.32 Å². The van der Waals surface area contributed by atoms with Crippen LogP contribution in [-0.4, -0.2) is 21.1 Å². The van der Waals surface area contributed by atoms with Crippen LogP contribution >= 0.6 is 11.6 Å². The van der Waals surface area contributed by atoms with Crippen LogP contribution in [0.5, 0.6) is 0 Å². The second-order valence-corrected chi connectivity index (χ2v) is 4.68. The van der Waals surface area contributed by atoms with E-state index in [0.29, 0.717) is 11.5 Å². The number of H-pyrrole nitrogens is 1. The summed E-state index contributed by atoms with van der Waals surface area (Å²) in [5.74, 6) is -0.192. The third-order valence-corrected chi connectivity index (χ3v) is 2.74. The first kappa shape index (κ1) is 13.5. The minimum Gasteiger partial charge on any atom is -0.318 e. The number of halogens is 2. The zero-order valence-electron chi connectivity index (χ0n) is 10.4. The van der Waals surface area contributed by atoms with Gasteiger partial charge in [0.25, 0.3) is 5.91 Å². The van der Waals surface area contributed by atoms with Crippen molar-refractivity contribution in [3.05, 3.63) is 40.7 Å². The van der Waals surface area contributed by atoms with E-state index in [-0.39, 0.29) is 16.8 Å². The van der Waals surface area contributed by atoms with Crippen molar-refractivity contribution in [3.8, 4) is 0 Å². The van der Waals surface area contributed by atoms with E-state index in [2.05, 4.69) is 20.5 Å². The van der Waals surface area contributed by atoms with E-state index in [1.165, 1.54) is 12.1 Å². The summed E-state index contributed by atoms with van der Waals surface area (Å²) in [5.41, 5.74) is 0.309. The number of amides is 1. The monoisotopic (exact) mass is 282 g/mol. The normalized spacial score (nSPS) is 10.8. The zero-order chi connectivity index (χ0) is 14.0. The van der Waals surface area contributed by atoms with E-state index in [4.69, 9.17) is 11.6 Å². The lowest BCUT2D eigenvalue weighted by Crippen LogP contribution is -2.14. The number of nitrogens with zero attached hydrogens (tertiary/aromatic N) is 2. The van der Waals surface area contributed by atoms with E-state index in [0.717, 1.165) is 6.07 Å². The van der Waals surface area contributed by atoms with Gasteiger partial charge in [-0.25, -0.2) is 9.37 Å². The molecule has 1 amide bonds. The Morgan fingerprint density at radius 1 is 1.47 bits per heavy atom. The molecule has 0 unspecified atom stereocenters. The Hall–Kier alpha value is -1.95. The summed E-state index contributed by atoms with van der Waals surface area (Å²) in [6, 6.07) is 3.71. The number of anilines is 1. The van der Waals surface area contributed by atoms with Gasteiger partial charge in [0.2, 0.25) is 5.82 Å². The van der Waals surface area contributed by atoms with Crippen molar-refractivity contribution in [1.29, 1.82) is 0 Å². The molecule has 19 heavy (non-hydrogen) atoms. The largest absolute Gasteiger partial charge is 0.318 e. The maximum Gasteiger partial charge on any atom is 0.295 e. The van der Waals surface area contributed by atoms with Gasteiger partial charge in [0.1, 0.15) is 11.6 Å². The van der Waals surface area contributed by atoms with Gasteiger partial charge in [0.05, 0.1) is 10.7 Å². The molecule has 0 fully saturated rings. The average Bonchev–Trinajstić information content (AvgIpc) is 2.82. The van der Waals surface area contributed by atoms with Gasteiger partial charge in [-0.1, -0.05) is 25.4 Å². The van der Waals surface area contributed by atoms with Gasteiger partial charge in [-0.3, -0.25) is 9.89 Å². The first-order chi connectivity index (χ1) is 8.97. The minimum absolute atomic E-state index is 0.0177. The quantitative estimate of drug-likeness (QED) is 0.909. The van der Waals surface area contributed by atoms with Crippen LogP contribution in [0.25, 0.3) is 0 Å². The fraction of sp³-hybridized carbons (Fsp3) is 0.250. The second kappa shape index (κ2) is 5.36. The highest BCUT2D eigenvalue weighted by atomic mass is 35.5. The van der Waals surface area contributed by atoms with E-state index in [9.17, 15) is 9.18 Å². The number of hydrogen-bond acceptors (Lipinski definition) is 3. The van der Waals surface area contributed by atoms with Crippen molar-refractivity contribution in [2.75, 3.05) is 5.32 Å². The molecule has 0 radical (unpaired) electrons. The molecular weight excluding hydrogens is 271 g/mol. The summed E-state index contributed by atoms with van der Waals surface area (Å²) in [4.78, 5) is 15.9. The highest BCUT2D eigenvalue weighted by Gasteiger charge is 2.15. The van der Waals surface area contributed by atoms with Crippen molar-refractivity contribution in [1.82, 2.24) is 15.2 Å². The molecule has 1 heterocycles. The van der Waals surface area contributed by atoms with Crippen molar-refractivity contribution >= 4 is 23.2 Å². The number of carbonyl (C=O) groups excluding carboxylic acids is 1. The third kappa shape index (κ3) is 3.08. The smallest absolute Gasteiger partial charge is 0.295 e. The first-order valence-corrected chi connectivity index (χ1v) is 6.04. The van der Waals surface area contributed by atoms with Crippen molar-refractivity contribution < 1.29 is 9.18 Å². The van der Waals surface area contributed by atoms with Crippen molar-refractivity contribution in [2.45, 2.75) is 19.8 Å². The second-order valence-electron chi connectivity index (χ2n) is 4.28. The molecule has 2 aromatic rings. The summed E-state index contributed by atoms with van der Waals surface area (Å²) in [5, 5.41) is 9.14. The van der Waals surface area contributed by atoms with Crippen LogP contribution < -0.4 is 5.32 Å². The summed E-state index contributed by atoms with van der Waals surface area (Å²) in [6.45, 7) is 3.86. The predicted molar refractivity (Wildman–Crippen MR) is 69.8 cm³/mol. The first-order valence-electron chi connectivity index (χ1n) is 5.66. The molecule has 0 atom stereocenters. The molecular formula is C12H12ClFN4O. The van der Waals surface area contributed by atoms with E-state index < -0.39 is 11.7 Å². The summed E-state index contributed by atoms with van der Waals surface area (Å²) in [7, 11) is 0. The molecule has 1 aromatic carbocycles. The number of rotatable bonds is 3. The van der Waals surface area contributed by atoms with Crippen LogP contribution in [-0.2, 0) is 0 Å². The van der Waals surface area contributed by atoms with Gasteiger partial charge >= 0.3 is 0 Å². The van der Waals surface area contributed by atoms with Crippen molar-refractivity contribution in [3.63, 3.8) is 0 Å². The standard InChI is InChI=1S/C12H12ClFN4O/c1-6(2)10-16-11(18-17-10)12(19)15-9-4-3-7(14)5-8(9)13/h3-6H,1-2H3,(H,15,19)(H,16,17,18). The van der Waals surface area contributed by atoms with Crippen LogP contribution in [0.4, 0.5) is 10.1 Å². The van der Waals surface area contributed by atoms with Crippen LogP contribution in [0.15, 0.2) is 18.2 Å². The van der Waals surface area contributed by atoms with Crippen LogP contribution in [0.2, 0.25) is 5.02 Å². The number of aromatic amines is 1. The Kier molecular flexibility index (Phi) is 3.80. The van der Waals surface area contributed by atoms with Gasteiger partial charge in [-0.05, 0) is 18.2 Å². The van der Waals surface area contributed by atoms with Gasteiger partial charge in [-0.15, -0.1) is 5.10 Å². The lowest BCUT2D eigenvalue weighted by molar-refractivity contribution is 0.101. The Labute approximate surface area is 114 Å². The van der Waals surface area contributed by atoms with E-state index in [1.54, 1.807) is 0 Å². The summed E-state index contributed by atoms with van der Waals surface area (Å²) >= 11 is 5.81. The Balaban J connectivity index is 2.16. The number of carbonyl (C=O) groups is 1. The molecule has 1 aromatic heterocycles. The fourth-order valence-corrected chi connectivity index (χ4v) is 1.62. The molecule has 0 saturated carbocycles. The van der Waals surface area contributed by atoms with Gasteiger partial charge in [0, 0.05) is 5.92 Å². The van der Waals surface area contributed by atoms with Gasteiger partial charge in [-0.2, -0.15) is 0 Å². The van der Waals surface area contributed by atoms with Crippen LogP contribution in [0, 0.1) is 5.82 Å². The summed E-state index contributed by atoms with van der Waals surface area (Å²) < 4.78 is 12.9. The maximum atomic E-state index is 12.9. The minimum atomic E-state index is -0.503. The fourth-order valence-electron chi connectivity index (χ4n) is 1.40. The van der Waals surface area contributed by atoms with Crippen molar-refractivity contribution in [2.24, 2.45) is 0 Å². The molecule has 0 aliphatic carbocycles. The number of nitrogens with one attached hydrogen (secondary N) is 2. The highest BCUT2D eigenvalue weighted by Crippen LogP contribution is 2.22. The van der Waals surface area contributed by atoms with E-state index in [1.807, 2.05) is 13.8 Å². The number of aromatic nitrogens is 3. The van der Waals surface area contributed by atoms with E-state index >= 15 is 0 Å². The van der Waals surface area contributed by atoms with Gasteiger partial charge in [0.15, 0.2) is 0 Å². The SMILES string of the molecule is CC(C)c1nc(C(=O)Nc2ccc(F)cc2Cl)n[nH]1. The summed E-state index contributed by atoms with van der Waals surface area (Å²) in [6.07, 6.45) is 0. The molecule has 2 rings (SSSR count). The lowest BCUT2D eigenvalue weighted by Gasteiger charge is -2.04. The Bertz CT molecular complexity index is 612. The lowest BCUT2D eigenvalue weighted by atomic mass is 10.2. The Morgan fingerprint density at radius 3 is 2.79 bits per heavy atom. The number of hydrogen-bond donors (Lipinski definition) is 2. The Morgan fingerprint density at radius 2 is 2.21 bits per heavy atom. The number of benzene rings is 1. The molecule has 100 valence electrons. The molecule has 0 aliphatic rings. The molecule has 0 bridgehead atoms. The molecule has 5 nitrogen and oxygen atoms in total. The molecule has 0 saturated heterocycles.